The lowest BCUT2D eigenvalue weighted by atomic mass is 10.1. The number of hydrogen-bond donors (Lipinski definition) is 0. The standard InChI is InChI=1S/C19H25N3O4S/c1-14(2)25-16-6-8-18(9-7-16)27(23,24)22-12-4-5-17(13-22)26-19-10-11-20-15(3)21-19/h6-11,14,17H,4-5,12-13H2,1-3H3. The first-order chi connectivity index (χ1) is 12.8. The molecule has 1 atom stereocenters. The Labute approximate surface area is 160 Å². The van der Waals surface area contributed by atoms with Crippen LogP contribution in [0.15, 0.2) is 41.4 Å². The van der Waals surface area contributed by atoms with Crippen molar-refractivity contribution in [2.24, 2.45) is 0 Å². The van der Waals surface area contributed by atoms with Crippen LogP contribution in [0.5, 0.6) is 11.6 Å². The fourth-order valence-electron chi connectivity index (χ4n) is 3.00. The van der Waals surface area contributed by atoms with E-state index in [0.29, 0.717) is 30.5 Å². The SMILES string of the molecule is Cc1nccc(OC2CCCN(S(=O)(=O)c3ccc(OC(C)C)cc3)C2)n1. The number of benzene rings is 1. The van der Waals surface area contributed by atoms with Gasteiger partial charge in [-0.3, -0.25) is 0 Å². The summed E-state index contributed by atoms with van der Waals surface area (Å²) in [4.78, 5) is 8.54. The van der Waals surface area contributed by atoms with Gasteiger partial charge >= 0.3 is 0 Å². The molecule has 8 heteroatoms. The molecular formula is C19H25N3O4S. The van der Waals surface area contributed by atoms with Gasteiger partial charge in [-0.1, -0.05) is 0 Å². The van der Waals surface area contributed by atoms with E-state index in [1.807, 2.05) is 13.8 Å². The van der Waals surface area contributed by atoms with E-state index in [1.165, 1.54) is 4.31 Å². The molecule has 0 spiro atoms. The maximum Gasteiger partial charge on any atom is 0.243 e. The maximum absolute atomic E-state index is 13.0. The van der Waals surface area contributed by atoms with Crippen molar-refractivity contribution >= 4 is 10.0 Å². The number of rotatable bonds is 6. The minimum atomic E-state index is -3.58. The summed E-state index contributed by atoms with van der Waals surface area (Å²) in [5, 5.41) is 0. The number of aromatic nitrogens is 2. The number of piperidine rings is 1. The summed E-state index contributed by atoms with van der Waals surface area (Å²) < 4.78 is 38.9. The van der Waals surface area contributed by atoms with Crippen LogP contribution < -0.4 is 9.47 Å². The summed E-state index contributed by atoms with van der Waals surface area (Å²) in [6.45, 7) is 6.43. The lowest BCUT2D eigenvalue weighted by Crippen LogP contribution is -2.44. The molecule has 0 bridgehead atoms. The van der Waals surface area contributed by atoms with Gasteiger partial charge in [-0.25, -0.2) is 13.4 Å². The van der Waals surface area contributed by atoms with Crippen LogP contribution >= 0.6 is 0 Å². The summed E-state index contributed by atoms with van der Waals surface area (Å²) in [5.41, 5.74) is 0. The van der Waals surface area contributed by atoms with Crippen molar-refractivity contribution in [1.29, 1.82) is 0 Å². The first-order valence-electron chi connectivity index (χ1n) is 9.08. The molecule has 0 amide bonds. The minimum Gasteiger partial charge on any atom is -0.491 e. The van der Waals surface area contributed by atoms with Gasteiger partial charge in [0.15, 0.2) is 0 Å². The van der Waals surface area contributed by atoms with Crippen molar-refractivity contribution in [2.75, 3.05) is 13.1 Å². The quantitative estimate of drug-likeness (QED) is 0.753. The van der Waals surface area contributed by atoms with Crippen LogP contribution in [-0.2, 0) is 10.0 Å². The molecule has 3 rings (SSSR count). The van der Waals surface area contributed by atoms with Crippen LogP contribution in [0.25, 0.3) is 0 Å². The van der Waals surface area contributed by atoms with Crippen molar-refractivity contribution in [3.8, 4) is 11.6 Å². The maximum atomic E-state index is 13.0. The van der Waals surface area contributed by atoms with E-state index >= 15 is 0 Å². The fourth-order valence-corrected chi connectivity index (χ4v) is 4.51. The van der Waals surface area contributed by atoms with E-state index in [2.05, 4.69) is 9.97 Å². The van der Waals surface area contributed by atoms with E-state index in [9.17, 15) is 8.42 Å². The molecule has 2 heterocycles. The molecule has 1 unspecified atom stereocenters. The van der Waals surface area contributed by atoms with Crippen LogP contribution in [-0.4, -0.2) is 48.0 Å². The highest BCUT2D eigenvalue weighted by atomic mass is 32.2. The van der Waals surface area contributed by atoms with E-state index in [0.717, 1.165) is 12.8 Å². The lowest BCUT2D eigenvalue weighted by Gasteiger charge is -2.31. The second-order valence-electron chi connectivity index (χ2n) is 6.83. The number of ether oxygens (including phenoxy) is 2. The molecule has 0 radical (unpaired) electrons. The van der Waals surface area contributed by atoms with E-state index < -0.39 is 10.0 Å². The van der Waals surface area contributed by atoms with E-state index in [1.54, 1.807) is 43.5 Å². The van der Waals surface area contributed by atoms with Gasteiger partial charge in [0.25, 0.3) is 0 Å². The number of sulfonamides is 1. The van der Waals surface area contributed by atoms with Crippen LogP contribution in [0.4, 0.5) is 0 Å². The summed E-state index contributed by atoms with van der Waals surface area (Å²) in [6.07, 6.45) is 2.97. The molecular weight excluding hydrogens is 366 g/mol. The predicted octanol–water partition coefficient (Wildman–Crippen LogP) is 2.80. The molecule has 2 aromatic rings. The van der Waals surface area contributed by atoms with Gasteiger partial charge in [0.05, 0.1) is 17.5 Å². The highest BCUT2D eigenvalue weighted by molar-refractivity contribution is 7.89. The summed E-state index contributed by atoms with van der Waals surface area (Å²) in [7, 11) is -3.58. The molecule has 1 aromatic carbocycles. The van der Waals surface area contributed by atoms with E-state index in [4.69, 9.17) is 9.47 Å². The Hall–Kier alpha value is -2.19. The van der Waals surface area contributed by atoms with Gasteiger partial charge < -0.3 is 9.47 Å². The van der Waals surface area contributed by atoms with Gasteiger partial charge in [0, 0.05) is 18.8 Å². The molecule has 0 N–H and O–H groups in total. The number of nitrogens with zero attached hydrogens (tertiary/aromatic N) is 3. The molecule has 1 fully saturated rings. The van der Waals surface area contributed by atoms with Crippen LogP contribution in [0, 0.1) is 6.92 Å². The Balaban J connectivity index is 1.70. The largest absolute Gasteiger partial charge is 0.491 e. The van der Waals surface area contributed by atoms with Crippen LogP contribution in [0.1, 0.15) is 32.5 Å². The van der Waals surface area contributed by atoms with Crippen LogP contribution in [0.3, 0.4) is 0 Å². The smallest absolute Gasteiger partial charge is 0.243 e. The average Bonchev–Trinajstić information content (AvgIpc) is 2.62. The fraction of sp³-hybridized carbons (Fsp3) is 0.474. The highest BCUT2D eigenvalue weighted by Gasteiger charge is 2.31. The zero-order valence-electron chi connectivity index (χ0n) is 15.8. The van der Waals surface area contributed by atoms with Gasteiger partial charge in [0.2, 0.25) is 15.9 Å². The molecule has 7 nitrogen and oxygen atoms in total. The van der Waals surface area contributed by atoms with Crippen molar-refractivity contribution in [1.82, 2.24) is 14.3 Å². The van der Waals surface area contributed by atoms with Gasteiger partial charge in [-0.15, -0.1) is 0 Å². The zero-order chi connectivity index (χ0) is 19.4. The number of hydrogen-bond acceptors (Lipinski definition) is 6. The summed E-state index contributed by atoms with van der Waals surface area (Å²) in [6, 6.07) is 8.24. The Bertz CT molecular complexity index is 869. The second kappa shape index (κ2) is 8.22. The van der Waals surface area contributed by atoms with Gasteiger partial charge in [-0.2, -0.15) is 9.29 Å². The highest BCUT2D eigenvalue weighted by Crippen LogP contribution is 2.24. The van der Waals surface area contributed by atoms with Crippen molar-refractivity contribution in [3.05, 3.63) is 42.4 Å². The van der Waals surface area contributed by atoms with Gasteiger partial charge in [-0.05, 0) is 57.9 Å². The van der Waals surface area contributed by atoms with Crippen molar-refractivity contribution in [2.45, 2.75) is 50.7 Å². The first-order valence-corrected chi connectivity index (χ1v) is 10.5. The molecule has 0 aliphatic carbocycles. The van der Waals surface area contributed by atoms with Gasteiger partial charge in [0.1, 0.15) is 17.7 Å². The van der Waals surface area contributed by atoms with E-state index in [-0.39, 0.29) is 17.1 Å². The van der Waals surface area contributed by atoms with Crippen molar-refractivity contribution < 1.29 is 17.9 Å². The topological polar surface area (TPSA) is 81.6 Å². The monoisotopic (exact) mass is 391 g/mol. The summed E-state index contributed by atoms with van der Waals surface area (Å²) in [5.74, 6) is 1.75. The third-order valence-corrected chi connectivity index (χ3v) is 6.09. The normalized spacial score (nSPS) is 18.4. The molecule has 1 saturated heterocycles. The lowest BCUT2D eigenvalue weighted by molar-refractivity contribution is 0.124. The molecule has 1 aliphatic heterocycles. The number of aryl methyl sites for hydroxylation is 1. The average molecular weight is 391 g/mol. The minimum absolute atomic E-state index is 0.0397. The molecule has 1 aliphatic rings. The zero-order valence-corrected chi connectivity index (χ0v) is 16.6. The molecule has 0 saturated carbocycles. The Morgan fingerprint density at radius 1 is 1.19 bits per heavy atom. The predicted molar refractivity (Wildman–Crippen MR) is 101 cm³/mol. The van der Waals surface area contributed by atoms with Crippen LogP contribution in [0.2, 0.25) is 0 Å². The summed E-state index contributed by atoms with van der Waals surface area (Å²) >= 11 is 0. The second-order valence-corrected chi connectivity index (χ2v) is 8.76. The molecule has 1 aromatic heterocycles. The first kappa shape index (κ1) is 19.6. The molecule has 27 heavy (non-hydrogen) atoms. The third-order valence-electron chi connectivity index (χ3n) is 4.21. The van der Waals surface area contributed by atoms with Crippen molar-refractivity contribution in [3.63, 3.8) is 0 Å². The Kier molecular flexibility index (Phi) is 5.96. The Morgan fingerprint density at radius 3 is 2.59 bits per heavy atom. The third kappa shape index (κ3) is 4.95. The molecule has 146 valence electrons. The Morgan fingerprint density at radius 2 is 1.93 bits per heavy atom.